The van der Waals surface area contributed by atoms with Gasteiger partial charge in [-0.05, 0) is 42.8 Å². The Labute approximate surface area is 115 Å². The van der Waals surface area contributed by atoms with Crippen LogP contribution < -0.4 is 0 Å². The maximum Gasteiger partial charge on any atom is 0.178 e. The van der Waals surface area contributed by atoms with Crippen LogP contribution >= 0.6 is 0 Å². The topological polar surface area (TPSA) is 54.5 Å². The van der Waals surface area contributed by atoms with Crippen molar-refractivity contribution >= 4 is 22.1 Å². The van der Waals surface area contributed by atoms with E-state index in [2.05, 4.69) is 38.1 Å². The fourth-order valence-electron chi connectivity index (χ4n) is 2.36. The van der Waals surface area contributed by atoms with Crippen LogP contribution in [0.1, 0.15) is 5.56 Å². The van der Waals surface area contributed by atoms with Crippen molar-refractivity contribution in [2.45, 2.75) is 6.92 Å². The van der Waals surface area contributed by atoms with Crippen molar-refractivity contribution in [3.8, 4) is 11.4 Å². The molecule has 1 N–H and O–H groups in total. The minimum Gasteiger partial charge on any atom is -0.337 e. The first-order chi connectivity index (χ1) is 9.79. The molecular weight excluding hydrogens is 248 g/mol. The van der Waals surface area contributed by atoms with Crippen molar-refractivity contribution in [2.75, 3.05) is 0 Å². The van der Waals surface area contributed by atoms with Gasteiger partial charge in [0.05, 0.1) is 11.0 Å². The number of aryl methyl sites for hydroxylation is 1. The number of imidazole rings is 1. The average molecular weight is 260 g/mol. The lowest BCUT2D eigenvalue weighted by Crippen LogP contribution is -1.82. The lowest BCUT2D eigenvalue weighted by atomic mass is 10.1. The molecule has 0 spiro atoms. The van der Waals surface area contributed by atoms with Gasteiger partial charge in [-0.1, -0.05) is 6.07 Å². The molecule has 0 fully saturated rings. The average Bonchev–Trinajstić information content (AvgIpc) is 2.89. The molecule has 1 aromatic carbocycles. The Morgan fingerprint density at radius 3 is 2.95 bits per heavy atom. The molecule has 0 saturated heterocycles. The first-order valence-corrected chi connectivity index (χ1v) is 6.47. The van der Waals surface area contributed by atoms with Crippen LogP contribution in [0.3, 0.4) is 0 Å². The molecule has 0 aliphatic rings. The second-order valence-electron chi connectivity index (χ2n) is 4.88. The summed E-state index contributed by atoms with van der Waals surface area (Å²) in [5.41, 5.74) is 4.86. The molecule has 0 amide bonds. The van der Waals surface area contributed by atoms with Gasteiger partial charge < -0.3 is 4.98 Å². The molecule has 0 bridgehead atoms. The number of aromatic amines is 1. The summed E-state index contributed by atoms with van der Waals surface area (Å²) >= 11 is 0. The summed E-state index contributed by atoms with van der Waals surface area (Å²) in [6.45, 7) is 2.02. The van der Waals surface area contributed by atoms with Crippen LogP contribution in [0.15, 0.2) is 48.8 Å². The molecule has 96 valence electrons. The minimum atomic E-state index is 0.747. The molecule has 0 saturated carbocycles. The summed E-state index contributed by atoms with van der Waals surface area (Å²) in [6.07, 6.45) is 3.63. The lowest BCUT2D eigenvalue weighted by molar-refractivity contribution is 1.28. The first-order valence-electron chi connectivity index (χ1n) is 6.47. The van der Waals surface area contributed by atoms with E-state index >= 15 is 0 Å². The van der Waals surface area contributed by atoms with Gasteiger partial charge in [-0.25, -0.2) is 9.97 Å². The normalized spacial score (nSPS) is 11.2. The molecule has 3 aromatic heterocycles. The number of pyridine rings is 2. The predicted octanol–water partition coefficient (Wildman–Crippen LogP) is 3.48. The molecule has 0 aliphatic carbocycles. The number of benzene rings is 1. The number of aromatic nitrogens is 4. The van der Waals surface area contributed by atoms with E-state index in [1.165, 1.54) is 0 Å². The van der Waals surface area contributed by atoms with Crippen LogP contribution in [-0.4, -0.2) is 19.9 Å². The summed E-state index contributed by atoms with van der Waals surface area (Å²) in [5.74, 6) is 0.837. The van der Waals surface area contributed by atoms with Crippen molar-refractivity contribution in [3.05, 3.63) is 54.4 Å². The predicted molar refractivity (Wildman–Crippen MR) is 79.4 cm³/mol. The maximum absolute atomic E-state index is 4.54. The van der Waals surface area contributed by atoms with E-state index in [9.17, 15) is 0 Å². The Hall–Kier alpha value is -2.75. The molecule has 4 nitrogen and oxygen atoms in total. The van der Waals surface area contributed by atoms with Crippen LogP contribution in [0.2, 0.25) is 0 Å². The molecule has 0 aliphatic heterocycles. The summed E-state index contributed by atoms with van der Waals surface area (Å²) in [6, 6.07) is 12.2. The van der Waals surface area contributed by atoms with Gasteiger partial charge in [0.15, 0.2) is 5.65 Å². The molecule has 0 unspecified atom stereocenters. The largest absolute Gasteiger partial charge is 0.337 e. The second-order valence-corrected chi connectivity index (χ2v) is 4.88. The SMILES string of the molecule is Cc1cnc2nc(-c3ccc4ncccc4c3)[nH]c2c1. The van der Waals surface area contributed by atoms with Gasteiger partial charge in [-0.15, -0.1) is 0 Å². The van der Waals surface area contributed by atoms with E-state index in [1.54, 1.807) is 6.20 Å². The molecule has 4 aromatic rings. The summed E-state index contributed by atoms with van der Waals surface area (Å²) in [7, 11) is 0. The lowest BCUT2D eigenvalue weighted by Gasteiger charge is -1.99. The summed E-state index contributed by atoms with van der Waals surface area (Å²) < 4.78 is 0. The van der Waals surface area contributed by atoms with Crippen molar-refractivity contribution in [1.29, 1.82) is 0 Å². The van der Waals surface area contributed by atoms with E-state index in [1.807, 2.05) is 31.3 Å². The van der Waals surface area contributed by atoms with E-state index in [4.69, 9.17) is 0 Å². The van der Waals surface area contributed by atoms with E-state index in [-0.39, 0.29) is 0 Å². The smallest absolute Gasteiger partial charge is 0.178 e. The van der Waals surface area contributed by atoms with Crippen LogP contribution in [0, 0.1) is 6.92 Å². The monoisotopic (exact) mass is 260 g/mol. The van der Waals surface area contributed by atoms with Crippen molar-refractivity contribution in [1.82, 2.24) is 19.9 Å². The molecule has 0 radical (unpaired) electrons. The zero-order chi connectivity index (χ0) is 13.5. The van der Waals surface area contributed by atoms with Gasteiger partial charge in [0.2, 0.25) is 0 Å². The fourth-order valence-corrected chi connectivity index (χ4v) is 2.36. The molecular formula is C16H12N4. The summed E-state index contributed by atoms with van der Waals surface area (Å²) in [4.78, 5) is 16.5. The van der Waals surface area contributed by atoms with E-state index < -0.39 is 0 Å². The van der Waals surface area contributed by atoms with Gasteiger partial charge >= 0.3 is 0 Å². The molecule has 20 heavy (non-hydrogen) atoms. The standard InChI is InChI=1S/C16H12N4/c1-10-7-14-16(18-9-10)20-15(19-14)12-4-5-13-11(8-12)3-2-6-17-13/h2-9H,1H3,(H,18,19,20). The van der Waals surface area contributed by atoms with Crippen molar-refractivity contribution in [2.24, 2.45) is 0 Å². The molecule has 0 atom stereocenters. The third-order valence-electron chi connectivity index (χ3n) is 3.35. The van der Waals surface area contributed by atoms with E-state index in [0.29, 0.717) is 0 Å². The van der Waals surface area contributed by atoms with Gasteiger partial charge in [-0.2, -0.15) is 0 Å². The Bertz CT molecular complexity index is 924. The van der Waals surface area contributed by atoms with Crippen molar-refractivity contribution < 1.29 is 0 Å². The molecule has 4 heteroatoms. The third-order valence-corrected chi connectivity index (χ3v) is 3.35. The van der Waals surface area contributed by atoms with E-state index in [0.717, 1.165) is 39.0 Å². The molecule has 4 rings (SSSR count). The highest BCUT2D eigenvalue weighted by molar-refractivity contribution is 5.84. The number of nitrogens with zero attached hydrogens (tertiary/aromatic N) is 3. The van der Waals surface area contributed by atoms with Crippen LogP contribution in [-0.2, 0) is 0 Å². The quantitative estimate of drug-likeness (QED) is 0.570. The van der Waals surface area contributed by atoms with Gasteiger partial charge in [0.1, 0.15) is 5.82 Å². The highest BCUT2D eigenvalue weighted by Crippen LogP contribution is 2.23. The number of hydrogen-bond donors (Lipinski definition) is 1. The van der Waals surface area contributed by atoms with Crippen LogP contribution in [0.25, 0.3) is 33.5 Å². The Morgan fingerprint density at radius 1 is 1.05 bits per heavy atom. The van der Waals surface area contributed by atoms with Gasteiger partial charge in [-0.3, -0.25) is 4.98 Å². The highest BCUT2D eigenvalue weighted by atomic mass is 15.0. The van der Waals surface area contributed by atoms with Gasteiger partial charge in [0, 0.05) is 23.3 Å². The first kappa shape index (κ1) is 11.1. The van der Waals surface area contributed by atoms with Gasteiger partial charge in [0.25, 0.3) is 0 Å². The van der Waals surface area contributed by atoms with Crippen LogP contribution in [0.4, 0.5) is 0 Å². The Morgan fingerprint density at radius 2 is 2.00 bits per heavy atom. The number of rotatable bonds is 1. The van der Waals surface area contributed by atoms with Crippen LogP contribution in [0.5, 0.6) is 0 Å². The summed E-state index contributed by atoms with van der Waals surface area (Å²) in [5, 5.41) is 1.11. The molecule has 3 heterocycles. The zero-order valence-corrected chi connectivity index (χ0v) is 11.0. The number of H-pyrrole nitrogens is 1. The Kier molecular flexibility index (Phi) is 2.29. The number of fused-ring (bicyclic) bond motifs is 2. The number of nitrogens with one attached hydrogen (secondary N) is 1. The second kappa shape index (κ2) is 4.13. The minimum absolute atomic E-state index is 0.747. The third kappa shape index (κ3) is 1.73. The highest BCUT2D eigenvalue weighted by Gasteiger charge is 2.07. The maximum atomic E-state index is 4.54. The van der Waals surface area contributed by atoms with Crippen molar-refractivity contribution in [3.63, 3.8) is 0 Å². The zero-order valence-electron chi connectivity index (χ0n) is 11.0. The number of hydrogen-bond acceptors (Lipinski definition) is 3. The fraction of sp³-hybridized carbons (Fsp3) is 0.0625. The Balaban J connectivity index is 1.91.